The maximum absolute atomic E-state index is 12.8. The molecule has 0 heterocycles. The number of alkyl halides is 3. The van der Waals surface area contributed by atoms with E-state index in [0.717, 1.165) is 0 Å². The lowest BCUT2D eigenvalue weighted by molar-refractivity contribution is -0.184. The van der Waals surface area contributed by atoms with Gasteiger partial charge >= 0.3 is 6.18 Å². The zero-order chi connectivity index (χ0) is 18.4. The average Bonchev–Trinajstić information content (AvgIpc) is 2.59. The van der Waals surface area contributed by atoms with Gasteiger partial charge in [-0.3, -0.25) is 9.59 Å². The number of Topliss-reactive ketones (excluding diaryl/α,β-unsaturated/α-hetero) is 1. The highest BCUT2D eigenvalue weighted by molar-refractivity contribution is 5.95. The summed E-state index contributed by atoms with van der Waals surface area (Å²) in [6, 6.07) is 5.95. The van der Waals surface area contributed by atoms with Crippen molar-refractivity contribution in [2.75, 3.05) is 6.61 Å². The molecule has 0 bridgehead atoms. The summed E-state index contributed by atoms with van der Waals surface area (Å²) in [5.41, 5.74) is 0.569. The van der Waals surface area contributed by atoms with E-state index in [-0.39, 0.29) is 25.2 Å². The van der Waals surface area contributed by atoms with Crippen LogP contribution in [-0.2, 0) is 4.79 Å². The van der Waals surface area contributed by atoms with Crippen LogP contribution < -0.4 is 10.1 Å². The Labute approximate surface area is 144 Å². The lowest BCUT2D eigenvalue weighted by atomic mass is 9.85. The van der Waals surface area contributed by atoms with Gasteiger partial charge in [-0.15, -0.1) is 0 Å². The van der Waals surface area contributed by atoms with Crippen molar-refractivity contribution >= 4 is 11.7 Å². The minimum atomic E-state index is -4.21. The molecule has 1 amide bonds. The monoisotopic (exact) mass is 357 g/mol. The molecule has 1 N–H and O–H groups in total. The smallest absolute Gasteiger partial charge is 0.391 e. The Hall–Kier alpha value is -2.05. The number of hydrogen-bond acceptors (Lipinski definition) is 3. The third-order valence-electron chi connectivity index (χ3n) is 4.37. The van der Waals surface area contributed by atoms with E-state index >= 15 is 0 Å². The van der Waals surface area contributed by atoms with Crippen molar-refractivity contribution in [2.24, 2.45) is 5.92 Å². The maximum Gasteiger partial charge on any atom is 0.391 e. The zero-order valence-corrected chi connectivity index (χ0v) is 14.1. The minimum absolute atomic E-state index is 0.0146. The van der Waals surface area contributed by atoms with Gasteiger partial charge < -0.3 is 10.1 Å². The Balaban J connectivity index is 1.79. The molecule has 7 heteroatoms. The number of ether oxygens (including phenoxy) is 1. The van der Waals surface area contributed by atoms with Crippen molar-refractivity contribution in [2.45, 2.75) is 51.2 Å². The molecule has 1 aromatic rings. The molecular weight excluding hydrogens is 335 g/mol. The Morgan fingerprint density at radius 2 is 1.88 bits per heavy atom. The summed E-state index contributed by atoms with van der Waals surface area (Å²) in [7, 11) is 0. The van der Waals surface area contributed by atoms with E-state index in [1.165, 1.54) is 0 Å². The largest absolute Gasteiger partial charge is 0.484 e. The highest BCUT2D eigenvalue weighted by Gasteiger charge is 2.42. The molecule has 1 aliphatic rings. The molecule has 0 aliphatic heterocycles. The van der Waals surface area contributed by atoms with Crippen LogP contribution in [0, 0.1) is 5.92 Å². The first kappa shape index (κ1) is 19.3. The fourth-order valence-electron chi connectivity index (χ4n) is 2.98. The van der Waals surface area contributed by atoms with Crippen LogP contribution >= 0.6 is 0 Å². The summed E-state index contributed by atoms with van der Waals surface area (Å²) in [6.07, 6.45) is -2.77. The van der Waals surface area contributed by atoms with E-state index in [1.54, 1.807) is 31.2 Å². The van der Waals surface area contributed by atoms with E-state index in [4.69, 9.17) is 4.74 Å². The first-order valence-corrected chi connectivity index (χ1v) is 8.41. The van der Waals surface area contributed by atoms with Crippen molar-refractivity contribution < 1.29 is 27.5 Å². The molecule has 25 heavy (non-hydrogen) atoms. The van der Waals surface area contributed by atoms with Gasteiger partial charge in [0.1, 0.15) is 5.75 Å². The van der Waals surface area contributed by atoms with Gasteiger partial charge in [-0.25, -0.2) is 0 Å². The van der Waals surface area contributed by atoms with Crippen LogP contribution in [0.5, 0.6) is 5.75 Å². The second-order valence-electron chi connectivity index (χ2n) is 6.26. The second kappa shape index (κ2) is 8.36. The molecule has 1 fully saturated rings. The fraction of sp³-hybridized carbons (Fsp3) is 0.556. The Bertz CT molecular complexity index is 599. The van der Waals surface area contributed by atoms with Crippen LogP contribution in [0.15, 0.2) is 24.3 Å². The summed E-state index contributed by atoms with van der Waals surface area (Å²) in [6.45, 7) is 1.50. The van der Waals surface area contributed by atoms with Crippen LogP contribution in [0.1, 0.15) is 49.4 Å². The van der Waals surface area contributed by atoms with Gasteiger partial charge in [0.2, 0.25) is 0 Å². The number of carbonyl (C=O) groups excluding carboxylic acids is 2. The highest BCUT2D eigenvalue weighted by atomic mass is 19.4. The lowest BCUT2D eigenvalue weighted by Gasteiger charge is -2.31. The van der Waals surface area contributed by atoms with Crippen LogP contribution in [0.2, 0.25) is 0 Å². The summed E-state index contributed by atoms with van der Waals surface area (Å²) in [5, 5.41) is 2.61. The average molecular weight is 357 g/mol. The van der Waals surface area contributed by atoms with Crippen molar-refractivity contribution in [3.8, 4) is 5.75 Å². The molecule has 0 spiro atoms. The SMILES string of the molecule is CCC(=O)c1ccc(OCC(=O)NC2CCCC(C(F)(F)F)C2)cc1. The van der Waals surface area contributed by atoms with Crippen molar-refractivity contribution in [3.05, 3.63) is 29.8 Å². The molecule has 138 valence electrons. The molecule has 0 radical (unpaired) electrons. The van der Waals surface area contributed by atoms with E-state index in [2.05, 4.69) is 5.32 Å². The third-order valence-corrected chi connectivity index (χ3v) is 4.37. The van der Waals surface area contributed by atoms with E-state index < -0.39 is 24.0 Å². The summed E-state index contributed by atoms with van der Waals surface area (Å²) >= 11 is 0. The number of halogens is 3. The number of rotatable bonds is 6. The number of carbonyl (C=O) groups is 2. The first-order chi connectivity index (χ1) is 11.8. The summed E-state index contributed by atoms with van der Waals surface area (Å²) < 4.78 is 43.7. The number of amides is 1. The molecule has 2 rings (SSSR count). The van der Waals surface area contributed by atoms with E-state index in [9.17, 15) is 22.8 Å². The maximum atomic E-state index is 12.8. The third kappa shape index (κ3) is 5.76. The predicted molar refractivity (Wildman–Crippen MR) is 86.5 cm³/mol. The predicted octanol–water partition coefficient (Wildman–Crippen LogP) is 3.90. The first-order valence-electron chi connectivity index (χ1n) is 8.41. The van der Waals surface area contributed by atoms with Crippen LogP contribution in [0.3, 0.4) is 0 Å². The van der Waals surface area contributed by atoms with Crippen molar-refractivity contribution in [1.29, 1.82) is 0 Å². The van der Waals surface area contributed by atoms with Crippen LogP contribution in [0.4, 0.5) is 13.2 Å². The highest BCUT2D eigenvalue weighted by Crippen LogP contribution is 2.37. The Morgan fingerprint density at radius 3 is 2.48 bits per heavy atom. The van der Waals surface area contributed by atoms with Gasteiger partial charge in [0, 0.05) is 18.0 Å². The molecule has 1 aliphatic carbocycles. The minimum Gasteiger partial charge on any atom is -0.484 e. The molecule has 0 aromatic heterocycles. The quantitative estimate of drug-likeness (QED) is 0.786. The van der Waals surface area contributed by atoms with Gasteiger partial charge in [-0.1, -0.05) is 13.3 Å². The van der Waals surface area contributed by atoms with Crippen LogP contribution in [-0.4, -0.2) is 30.5 Å². The van der Waals surface area contributed by atoms with Gasteiger partial charge in [-0.05, 0) is 43.5 Å². The molecule has 2 unspecified atom stereocenters. The van der Waals surface area contributed by atoms with Crippen molar-refractivity contribution in [1.82, 2.24) is 5.32 Å². The topological polar surface area (TPSA) is 55.4 Å². The number of hydrogen-bond donors (Lipinski definition) is 1. The Kier molecular flexibility index (Phi) is 6.45. The molecule has 1 aromatic carbocycles. The van der Waals surface area contributed by atoms with Crippen molar-refractivity contribution in [3.63, 3.8) is 0 Å². The van der Waals surface area contributed by atoms with E-state index in [1.807, 2.05) is 0 Å². The normalized spacial score (nSPS) is 20.8. The van der Waals surface area contributed by atoms with Gasteiger partial charge in [0.15, 0.2) is 12.4 Å². The number of nitrogens with one attached hydrogen (secondary N) is 1. The molecule has 0 saturated heterocycles. The Morgan fingerprint density at radius 1 is 1.20 bits per heavy atom. The molecule has 4 nitrogen and oxygen atoms in total. The molecular formula is C18H22F3NO3. The summed E-state index contributed by atoms with van der Waals surface area (Å²) in [4.78, 5) is 23.4. The standard InChI is InChI=1S/C18H22F3NO3/c1-2-16(23)12-6-8-15(9-7-12)25-11-17(24)22-14-5-3-4-13(10-14)18(19,20)21/h6-9,13-14H,2-5,10-11H2,1H3,(H,22,24). The molecule has 2 atom stereocenters. The number of benzene rings is 1. The molecule has 1 saturated carbocycles. The van der Waals surface area contributed by atoms with Gasteiger partial charge in [0.05, 0.1) is 5.92 Å². The summed E-state index contributed by atoms with van der Waals surface area (Å²) in [5.74, 6) is -1.35. The van der Waals surface area contributed by atoms with Gasteiger partial charge in [-0.2, -0.15) is 13.2 Å². The van der Waals surface area contributed by atoms with E-state index in [0.29, 0.717) is 30.6 Å². The lowest BCUT2D eigenvalue weighted by Crippen LogP contribution is -2.43. The fourth-order valence-corrected chi connectivity index (χ4v) is 2.98. The van der Waals surface area contributed by atoms with Crippen LogP contribution in [0.25, 0.3) is 0 Å². The zero-order valence-electron chi connectivity index (χ0n) is 14.1. The number of ketones is 1. The second-order valence-corrected chi connectivity index (χ2v) is 6.26. The van der Waals surface area contributed by atoms with Gasteiger partial charge in [0.25, 0.3) is 5.91 Å².